The highest BCUT2D eigenvalue weighted by Gasteiger charge is 2.40. The molecule has 0 amide bonds. The molecule has 5 nitrogen and oxygen atoms in total. The van der Waals surface area contributed by atoms with Gasteiger partial charge in [-0.15, -0.1) is 0 Å². The van der Waals surface area contributed by atoms with E-state index in [9.17, 15) is 4.79 Å². The molecule has 2 unspecified atom stereocenters. The van der Waals surface area contributed by atoms with Crippen LogP contribution in [0.3, 0.4) is 0 Å². The molecule has 0 bridgehead atoms. The van der Waals surface area contributed by atoms with Gasteiger partial charge in [0, 0.05) is 6.54 Å². The molecule has 0 aliphatic carbocycles. The first-order chi connectivity index (χ1) is 6.83. The van der Waals surface area contributed by atoms with Crippen LogP contribution in [0.25, 0.3) is 0 Å². The molecule has 1 N–H and O–H groups in total. The smallest absolute Gasteiger partial charge is 0.356 e. The number of esters is 1. The van der Waals surface area contributed by atoms with Gasteiger partial charge in [-0.25, -0.2) is 4.79 Å². The van der Waals surface area contributed by atoms with Gasteiger partial charge in [0.05, 0.1) is 12.5 Å². The van der Waals surface area contributed by atoms with Crippen LogP contribution in [0.2, 0.25) is 0 Å². The summed E-state index contributed by atoms with van der Waals surface area (Å²) in [6.07, 6.45) is 0.908. The second kappa shape index (κ2) is 3.96. The molecule has 2 aliphatic rings. The number of hydrogen-bond acceptors (Lipinski definition) is 5. The molecule has 0 aromatic carbocycles. The van der Waals surface area contributed by atoms with E-state index in [-0.39, 0.29) is 18.0 Å². The predicted molar refractivity (Wildman–Crippen MR) is 49.9 cm³/mol. The molecular weight excluding hydrogens is 184 g/mol. The van der Waals surface area contributed by atoms with E-state index in [1.165, 1.54) is 0 Å². The van der Waals surface area contributed by atoms with Crippen LogP contribution in [0.4, 0.5) is 0 Å². The fourth-order valence-corrected chi connectivity index (χ4v) is 1.84. The Morgan fingerprint density at radius 1 is 1.79 bits per heavy atom. The molecule has 14 heavy (non-hydrogen) atoms. The molecule has 2 atom stereocenters. The molecule has 0 saturated carbocycles. The first kappa shape index (κ1) is 9.45. The van der Waals surface area contributed by atoms with Crippen molar-refractivity contribution in [2.45, 2.75) is 19.4 Å². The fraction of sp³-hybridized carbons (Fsp3) is 0.778. The lowest BCUT2D eigenvalue weighted by Crippen LogP contribution is -2.43. The summed E-state index contributed by atoms with van der Waals surface area (Å²) in [5.41, 5.74) is 0.457. The van der Waals surface area contributed by atoms with Crippen molar-refractivity contribution in [3.05, 3.63) is 0 Å². The summed E-state index contributed by atoms with van der Waals surface area (Å²) in [5, 5.41) is 7.00. The van der Waals surface area contributed by atoms with Gasteiger partial charge in [-0.05, 0) is 19.9 Å². The number of rotatable bonds is 2. The Balaban J connectivity index is 2.02. The quantitative estimate of drug-likeness (QED) is 0.630. The van der Waals surface area contributed by atoms with E-state index in [0.717, 1.165) is 19.5 Å². The summed E-state index contributed by atoms with van der Waals surface area (Å²) in [6, 6.07) is 0. The van der Waals surface area contributed by atoms with E-state index in [4.69, 9.17) is 9.57 Å². The molecule has 0 radical (unpaired) electrons. The molecule has 5 heteroatoms. The SMILES string of the molecule is CCOC(=O)C1=NOC2CNCCC12. The third-order valence-electron chi connectivity index (χ3n) is 2.55. The van der Waals surface area contributed by atoms with Crippen molar-refractivity contribution >= 4 is 11.7 Å². The van der Waals surface area contributed by atoms with Crippen molar-refractivity contribution in [1.82, 2.24) is 5.32 Å². The number of hydrogen-bond donors (Lipinski definition) is 1. The van der Waals surface area contributed by atoms with Crippen LogP contribution >= 0.6 is 0 Å². The van der Waals surface area contributed by atoms with Gasteiger partial charge in [0.2, 0.25) is 0 Å². The van der Waals surface area contributed by atoms with Gasteiger partial charge >= 0.3 is 5.97 Å². The lowest BCUT2D eigenvalue weighted by Gasteiger charge is -2.23. The monoisotopic (exact) mass is 198 g/mol. The Hall–Kier alpha value is -1.10. The van der Waals surface area contributed by atoms with Crippen LogP contribution in [-0.4, -0.2) is 37.5 Å². The summed E-state index contributed by atoms with van der Waals surface area (Å²) < 4.78 is 4.90. The summed E-state index contributed by atoms with van der Waals surface area (Å²) in [7, 11) is 0. The Bertz CT molecular complexity index is 265. The summed E-state index contributed by atoms with van der Waals surface area (Å²) in [6.45, 7) is 3.84. The summed E-state index contributed by atoms with van der Waals surface area (Å²) in [4.78, 5) is 16.6. The number of nitrogens with one attached hydrogen (secondary N) is 1. The lowest BCUT2D eigenvalue weighted by atomic mass is 9.91. The summed E-state index contributed by atoms with van der Waals surface area (Å²) >= 11 is 0. The average Bonchev–Trinajstić information content (AvgIpc) is 2.61. The molecular formula is C9H14N2O3. The zero-order chi connectivity index (χ0) is 9.97. The number of oxime groups is 1. The van der Waals surface area contributed by atoms with Crippen molar-refractivity contribution in [1.29, 1.82) is 0 Å². The minimum absolute atomic E-state index is 0.0168. The molecule has 1 fully saturated rings. The number of carbonyl (C=O) groups is 1. The molecule has 0 spiro atoms. The lowest BCUT2D eigenvalue weighted by molar-refractivity contribution is -0.135. The topological polar surface area (TPSA) is 59.9 Å². The molecule has 0 aromatic rings. The number of fused-ring (bicyclic) bond motifs is 1. The van der Waals surface area contributed by atoms with Crippen molar-refractivity contribution in [3.8, 4) is 0 Å². The number of piperidine rings is 1. The minimum atomic E-state index is -0.332. The van der Waals surface area contributed by atoms with E-state index < -0.39 is 0 Å². The zero-order valence-corrected chi connectivity index (χ0v) is 8.16. The first-order valence-electron chi connectivity index (χ1n) is 4.94. The normalized spacial score (nSPS) is 30.2. The maximum atomic E-state index is 11.4. The van der Waals surface area contributed by atoms with Gasteiger partial charge in [-0.3, -0.25) is 0 Å². The molecule has 2 aliphatic heterocycles. The largest absolute Gasteiger partial charge is 0.461 e. The molecule has 2 rings (SSSR count). The van der Waals surface area contributed by atoms with E-state index in [0.29, 0.717) is 12.3 Å². The highest BCUT2D eigenvalue weighted by Crippen LogP contribution is 2.24. The number of carbonyl (C=O) groups excluding carboxylic acids is 1. The Kier molecular flexibility index (Phi) is 2.67. The second-order valence-corrected chi connectivity index (χ2v) is 3.44. The van der Waals surface area contributed by atoms with Gasteiger partial charge in [0.25, 0.3) is 0 Å². The third kappa shape index (κ3) is 1.59. The standard InChI is InChI=1S/C9H14N2O3/c1-2-13-9(12)8-6-3-4-10-5-7(6)14-11-8/h6-7,10H,2-5H2,1H3. The van der Waals surface area contributed by atoms with Gasteiger partial charge < -0.3 is 14.9 Å². The molecule has 1 saturated heterocycles. The van der Waals surface area contributed by atoms with E-state index in [1.807, 2.05) is 0 Å². The predicted octanol–water partition coefficient (Wildman–Crippen LogP) is -0.0862. The highest BCUT2D eigenvalue weighted by atomic mass is 16.6. The maximum absolute atomic E-state index is 11.4. The van der Waals surface area contributed by atoms with Crippen LogP contribution in [0.1, 0.15) is 13.3 Å². The third-order valence-corrected chi connectivity index (χ3v) is 2.55. The van der Waals surface area contributed by atoms with Crippen LogP contribution in [0, 0.1) is 5.92 Å². The van der Waals surface area contributed by atoms with Gasteiger partial charge in [-0.1, -0.05) is 5.16 Å². The number of ether oxygens (including phenoxy) is 1. The fourth-order valence-electron chi connectivity index (χ4n) is 1.84. The molecule has 78 valence electrons. The van der Waals surface area contributed by atoms with E-state index in [1.54, 1.807) is 6.92 Å². The Labute approximate surface area is 82.4 Å². The van der Waals surface area contributed by atoms with Crippen molar-refractivity contribution < 1.29 is 14.4 Å². The Morgan fingerprint density at radius 3 is 3.43 bits per heavy atom. The van der Waals surface area contributed by atoms with Crippen LogP contribution in [0.5, 0.6) is 0 Å². The molecule has 0 aromatic heterocycles. The van der Waals surface area contributed by atoms with Gasteiger partial charge in [-0.2, -0.15) is 0 Å². The minimum Gasteiger partial charge on any atom is -0.461 e. The van der Waals surface area contributed by atoms with Crippen LogP contribution < -0.4 is 5.32 Å². The van der Waals surface area contributed by atoms with Crippen molar-refractivity contribution in [2.24, 2.45) is 11.1 Å². The Morgan fingerprint density at radius 2 is 2.64 bits per heavy atom. The van der Waals surface area contributed by atoms with Crippen molar-refractivity contribution in [3.63, 3.8) is 0 Å². The zero-order valence-electron chi connectivity index (χ0n) is 8.16. The van der Waals surface area contributed by atoms with E-state index in [2.05, 4.69) is 10.5 Å². The maximum Gasteiger partial charge on any atom is 0.356 e. The van der Waals surface area contributed by atoms with Gasteiger partial charge in [0.15, 0.2) is 5.71 Å². The second-order valence-electron chi connectivity index (χ2n) is 3.44. The van der Waals surface area contributed by atoms with Crippen LogP contribution in [-0.2, 0) is 14.4 Å². The average molecular weight is 198 g/mol. The van der Waals surface area contributed by atoms with Crippen LogP contribution in [0.15, 0.2) is 5.16 Å². The first-order valence-corrected chi connectivity index (χ1v) is 4.94. The highest BCUT2D eigenvalue weighted by molar-refractivity contribution is 6.37. The number of nitrogens with zero attached hydrogens (tertiary/aromatic N) is 1. The van der Waals surface area contributed by atoms with Crippen molar-refractivity contribution in [2.75, 3.05) is 19.7 Å². The molecule has 2 heterocycles. The van der Waals surface area contributed by atoms with E-state index >= 15 is 0 Å². The van der Waals surface area contributed by atoms with Gasteiger partial charge in [0.1, 0.15) is 6.10 Å². The summed E-state index contributed by atoms with van der Waals surface area (Å²) in [5.74, 6) is -0.211.